The fraction of sp³-hybridized carbons (Fsp3) is 0.306. The number of carbonyl (C=O) groups is 6. The number of hydrogen-bond acceptors (Lipinski definition) is 24. The van der Waals surface area contributed by atoms with E-state index in [1.807, 2.05) is 12.1 Å². The number of aliphatic imine (C=N–C) groups is 8. The molecule has 0 bridgehead atoms. The average molecular weight is 2000 g/mol. The lowest BCUT2D eigenvalue weighted by atomic mass is 10.1. The number of morpholine rings is 1. The minimum Gasteiger partial charge on any atom is -0.398 e. The summed E-state index contributed by atoms with van der Waals surface area (Å²) < 4.78 is 161. The lowest BCUT2D eigenvalue weighted by molar-refractivity contribution is -0.385. The quantitative estimate of drug-likeness (QED) is 0.0189. The fourth-order valence-corrected chi connectivity index (χ4v) is 16.3. The van der Waals surface area contributed by atoms with Gasteiger partial charge in [-0.25, -0.2) is 20.0 Å². The van der Waals surface area contributed by atoms with Gasteiger partial charge < -0.3 is 56.7 Å². The van der Waals surface area contributed by atoms with E-state index in [0.717, 1.165) is 188 Å². The third-order valence-electron chi connectivity index (χ3n) is 23.6. The highest BCUT2D eigenvalue weighted by atomic mass is 35.5. The summed E-state index contributed by atoms with van der Waals surface area (Å²) in [5, 5.41) is 35.8. The lowest BCUT2D eigenvalue weighted by Crippen LogP contribution is -2.41. The van der Waals surface area contributed by atoms with E-state index in [-0.39, 0.29) is 140 Å². The number of amidine groups is 8. The van der Waals surface area contributed by atoms with Gasteiger partial charge in [-0.1, -0.05) is 66.2 Å². The molecule has 45 heteroatoms. The maximum atomic E-state index is 13.8. The van der Waals surface area contributed by atoms with Crippen molar-refractivity contribution in [2.24, 2.45) is 39.9 Å². The summed E-state index contributed by atoms with van der Waals surface area (Å²) in [6, 6.07) is 43.5. The molecule has 0 saturated carbocycles. The molecule has 8 aliphatic heterocycles. The monoisotopic (exact) mass is 2000 g/mol. The van der Waals surface area contributed by atoms with Gasteiger partial charge in [0.25, 0.3) is 46.8 Å². The summed E-state index contributed by atoms with van der Waals surface area (Å²) in [5.74, 6) is -2.38. The van der Waals surface area contributed by atoms with Crippen LogP contribution in [-0.4, -0.2) is 214 Å². The van der Waals surface area contributed by atoms with Gasteiger partial charge in [-0.2, -0.15) is 52.7 Å². The van der Waals surface area contributed by atoms with E-state index in [4.69, 9.17) is 22.1 Å². The Hall–Kier alpha value is -15.5. The molecule has 17 rings (SSSR count). The predicted molar refractivity (Wildman–Crippen MR) is 516 cm³/mol. The molecule has 0 radical (unpaired) electrons. The zero-order valence-corrected chi connectivity index (χ0v) is 77.1. The molecule has 8 aliphatic rings. The number of alkyl halides is 12. The topological polar surface area (TPSA) is 399 Å². The number of nitrogens with zero attached hydrogens (tertiary/aromatic N) is 15. The van der Waals surface area contributed by atoms with E-state index in [0.29, 0.717) is 36.6 Å². The molecule has 7 N–H and O–H groups in total. The van der Waals surface area contributed by atoms with Crippen LogP contribution < -0.4 is 47.0 Å². The van der Waals surface area contributed by atoms with Crippen molar-refractivity contribution >= 4 is 134 Å². The Labute approximate surface area is 814 Å². The number of nitro benzene ring substituents is 2. The second-order valence-corrected chi connectivity index (χ2v) is 34.1. The van der Waals surface area contributed by atoms with Crippen molar-refractivity contribution in [2.75, 3.05) is 138 Å². The van der Waals surface area contributed by atoms with Gasteiger partial charge in [-0.15, -0.1) is 0 Å². The Morgan fingerprint density at radius 2 is 0.727 bits per heavy atom. The highest BCUT2D eigenvalue weighted by molar-refractivity contribution is 6.31. The standard InChI is InChI=1S/C37H40F3N7O4.C22H20F3N5O3.C22H22F3N5O.C17H10ClF3N4O3/c1-45(15-16-46-17-19-51-20-18-46)36(50)27-9-5-8-26(21-27)34(48)42-31-12-11-29(47-13-3-2-4-14-47)23-30(31)35(49)44-32-24-41-33(43-32)25-7-6-10-28(22-25)37(38,39)40;23-22(24,25)15-6-4-5-14(11-15)20-26-13-19(27-20)28-21(31)17-12-16(7-8-18(17)30(32)33)29-9-2-1-3-10-29;23-22(24,25)15-6-4-5-14(11-15)20-27-13-19(28-20)29-21(31)17-12-16(7-8-18(17)26)30-9-2-1-3-10-30;18-11-4-5-13(25(27)28)12(7-11)16(26)24-14-8-22-15(23-14)9-2-1-3-10(6-9)17(19,20)21/h5-12,21-23H,2-4,13-20,24H2,1H3,(H,42,48)(H,41,43,44,49);4-8,11-12H,1-3,9-10,13H2,(H,26,27,28,31);4-8,11-12H,1-3,9-10,13,26H2,(H,27,28,29,31);1-7H,8H2,(H,22,23,24,26). The molecule has 9 aromatic carbocycles. The summed E-state index contributed by atoms with van der Waals surface area (Å²) in [6.07, 6.45) is -8.29. The third kappa shape index (κ3) is 27.4. The van der Waals surface area contributed by atoms with Crippen LogP contribution in [0.3, 0.4) is 0 Å². The maximum absolute atomic E-state index is 13.8. The number of benzene rings is 9. The first-order chi connectivity index (χ1) is 68.2. The van der Waals surface area contributed by atoms with E-state index in [1.54, 1.807) is 60.5 Å². The molecule has 0 atom stereocenters. The van der Waals surface area contributed by atoms with Crippen LogP contribution in [0.1, 0.15) is 164 Å². The Kier molecular flexibility index (Phi) is 33.1. The number of ether oxygens (including phenoxy) is 1. The second-order valence-electron chi connectivity index (χ2n) is 33.7. The Bertz CT molecular complexity index is 6620. The van der Waals surface area contributed by atoms with Crippen LogP contribution in [0.15, 0.2) is 234 Å². The van der Waals surface area contributed by atoms with Crippen molar-refractivity contribution < 1.29 is 96.0 Å². The van der Waals surface area contributed by atoms with E-state index >= 15 is 0 Å². The molecule has 4 fully saturated rings. The zero-order chi connectivity index (χ0) is 102. The number of rotatable bonds is 19. The number of anilines is 5. The normalized spacial score (nSPS) is 16.0. The van der Waals surface area contributed by atoms with E-state index in [9.17, 15) is 102 Å². The van der Waals surface area contributed by atoms with Crippen LogP contribution in [0.5, 0.6) is 0 Å². The predicted octanol–water partition coefficient (Wildman–Crippen LogP) is 16.9. The highest BCUT2D eigenvalue weighted by Gasteiger charge is 2.37. The highest BCUT2D eigenvalue weighted by Crippen LogP contribution is 2.37. The lowest BCUT2D eigenvalue weighted by Gasteiger charge is -2.29. The van der Waals surface area contributed by atoms with Gasteiger partial charge in [0.15, 0.2) is 23.3 Å². The Morgan fingerprint density at radius 3 is 1.12 bits per heavy atom. The number of piperidine rings is 3. The summed E-state index contributed by atoms with van der Waals surface area (Å²) in [4.78, 5) is 143. The zero-order valence-electron chi connectivity index (χ0n) is 76.3. The van der Waals surface area contributed by atoms with Crippen molar-refractivity contribution in [1.29, 1.82) is 0 Å². The molecule has 9 aromatic rings. The molecule has 6 amide bonds. The van der Waals surface area contributed by atoms with Crippen LogP contribution in [0.2, 0.25) is 5.02 Å². The number of halogens is 13. The Balaban J connectivity index is 0.000000156. The van der Waals surface area contributed by atoms with Crippen LogP contribution in [-0.2, 0) is 29.4 Å². The van der Waals surface area contributed by atoms with Crippen molar-refractivity contribution in [1.82, 2.24) is 31.1 Å². The first-order valence-corrected chi connectivity index (χ1v) is 45.5. The van der Waals surface area contributed by atoms with Gasteiger partial charge in [0.05, 0.1) is 88.3 Å². The average Bonchev–Trinajstić information content (AvgIpc) is 1.62. The van der Waals surface area contributed by atoms with Crippen LogP contribution in [0.4, 0.5) is 92.5 Å². The number of nitrogens with one attached hydrogen (secondary N) is 5. The molecular formula is C98H92ClF12N21O11. The molecular weight excluding hydrogens is 1910 g/mol. The number of nitro groups is 2. The summed E-state index contributed by atoms with van der Waals surface area (Å²) in [5.41, 5.74) is 6.46. The largest absolute Gasteiger partial charge is 0.416 e. The molecule has 0 spiro atoms. The molecule has 0 aromatic heterocycles. The number of amides is 6. The van der Waals surface area contributed by atoms with Gasteiger partial charge in [-0.3, -0.25) is 73.9 Å². The number of hydrogen-bond donors (Lipinski definition) is 6. The van der Waals surface area contributed by atoms with Crippen LogP contribution in [0, 0.1) is 20.2 Å². The van der Waals surface area contributed by atoms with Crippen LogP contribution >= 0.6 is 11.6 Å². The first kappa shape index (κ1) is 103. The van der Waals surface area contributed by atoms with Crippen molar-refractivity contribution in [3.8, 4) is 0 Å². The van der Waals surface area contributed by atoms with Gasteiger partial charge >= 0.3 is 24.7 Å². The molecule has 0 aliphatic carbocycles. The molecule has 4 saturated heterocycles. The summed E-state index contributed by atoms with van der Waals surface area (Å²) >= 11 is 5.79. The third-order valence-corrected chi connectivity index (χ3v) is 23.9. The molecule has 746 valence electrons. The smallest absolute Gasteiger partial charge is 0.398 e. The maximum Gasteiger partial charge on any atom is 0.416 e. The first-order valence-electron chi connectivity index (χ1n) is 45.2. The van der Waals surface area contributed by atoms with Gasteiger partial charge in [0.1, 0.15) is 34.5 Å². The van der Waals surface area contributed by atoms with Crippen molar-refractivity contribution in [2.45, 2.75) is 82.5 Å². The molecule has 32 nitrogen and oxygen atoms in total. The number of likely N-dealkylation sites (N-methyl/N-ethyl adjacent to an activating group) is 1. The van der Waals surface area contributed by atoms with E-state index in [1.165, 1.54) is 79.2 Å². The van der Waals surface area contributed by atoms with Gasteiger partial charge in [-0.05, 0) is 185 Å². The minimum atomic E-state index is -4.52. The number of nitrogens with two attached hydrogens (primary N) is 1. The molecule has 8 heterocycles. The summed E-state index contributed by atoms with van der Waals surface area (Å²) in [7, 11) is 1.73. The molecule has 0 unspecified atom stereocenters. The molecule has 143 heavy (non-hydrogen) atoms. The van der Waals surface area contributed by atoms with Gasteiger partial charge in [0, 0.05) is 146 Å². The van der Waals surface area contributed by atoms with Gasteiger partial charge in [0.2, 0.25) is 0 Å². The minimum absolute atomic E-state index is 0.0157. The van der Waals surface area contributed by atoms with Crippen molar-refractivity contribution in [3.63, 3.8) is 0 Å². The van der Waals surface area contributed by atoms with E-state index < -0.39 is 92.0 Å². The van der Waals surface area contributed by atoms with Crippen molar-refractivity contribution in [3.05, 3.63) is 297 Å². The summed E-state index contributed by atoms with van der Waals surface area (Å²) in [6.45, 7) is 9.25. The number of carbonyl (C=O) groups excluding carboxylic acids is 6. The van der Waals surface area contributed by atoms with E-state index in [2.05, 4.69) is 86.1 Å². The van der Waals surface area contributed by atoms with Crippen LogP contribution in [0.25, 0.3) is 0 Å². The number of nitrogen functional groups attached to an aromatic ring is 1. The SMILES string of the molecule is CN(CCN1CCOCC1)C(=O)c1cccc(C(=O)Nc2ccc(N3CCCCC3)cc2C(=O)NC2=NC(c3cccc(C(F)(F)F)c3)=NC2)c1.Nc1ccc(N2CCCCC2)cc1C(=O)NC1=NC(c2cccc(C(F)(F)F)c2)=NC1.O=C(NC1=NC(c2cccc(C(F)(F)F)c2)=NC1)c1cc(Cl)ccc1[N+](=O)[O-].O=C(NC1=NC(c2cccc(C(F)(F)F)c2)=NC1)c1cc(N2CCCCC2)ccc1[N+](=O)[O-]. The second kappa shape index (κ2) is 45.9. The Morgan fingerprint density at radius 1 is 0.392 bits per heavy atom. The fourth-order valence-electron chi connectivity index (χ4n) is 16.2.